The molecular formula is C23H30FN3O5. The van der Waals surface area contributed by atoms with Crippen molar-refractivity contribution < 1.29 is 19.4 Å². The number of anilines is 1. The van der Waals surface area contributed by atoms with E-state index in [-0.39, 0.29) is 30.4 Å². The van der Waals surface area contributed by atoms with E-state index >= 15 is 0 Å². The fourth-order valence-electron chi connectivity index (χ4n) is 5.06. The molecule has 1 aromatic carbocycles. The molecule has 2 fully saturated rings. The van der Waals surface area contributed by atoms with Gasteiger partial charge in [-0.3, -0.25) is 13.9 Å². The molecule has 8 nitrogen and oxygen atoms in total. The summed E-state index contributed by atoms with van der Waals surface area (Å²) < 4.78 is 17.5. The third-order valence-corrected chi connectivity index (χ3v) is 6.82. The minimum Gasteiger partial charge on any atom is -0.479 e. The molecule has 2 saturated carbocycles. The number of nitrogens with zero attached hydrogens (tertiary/aromatic N) is 2. The van der Waals surface area contributed by atoms with Crippen LogP contribution in [0.3, 0.4) is 0 Å². The van der Waals surface area contributed by atoms with E-state index in [2.05, 4.69) is 5.32 Å². The van der Waals surface area contributed by atoms with Crippen LogP contribution in [0.1, 0.15) is 70.3 Å². The minimum atomic E-state index is -1.68. The van der Waals surface area contributed by atoms with Gasteiger partial charge >= 0.3 is 11.7 Å². The Hall–Kier alpha value is -2.68. The molecule has 32 heavy (non-hydrogen) atoms. The molecule has 0 saturated heterocycles. The summed E-state index contributed by atoms with van der Waals surface area (Å²) in [5.41, 5.74) is -0.502. The third kappa shape index (κ3) is 4.44. The van der Waals surface area contributed by atoms with Gasteiger partial charge in [0, 0.05) is 25.0 Å². The molecule has 1 aromatic heterocycles. The van der Waals surface area contributed by atoms with Gasteiger partial charge in [0.25, 0.3) is 5.56 Å². The molecule has 0 spiro atoms. The highest BCUT2D eigenvalue weighted by molar-refractivity contribution is 5.82. The van der Waals surface area contributed by atoms with Crippen molar-refractivity contribution in [1.29, 1.82) is 0 Å². The molecule has 174 valence electrons. The second-order valence-corrected chi connectivity index (χ2v) is 9.02. The second kappa shape index (κ2) is 9.44. The van der Waals surface area contributed by atoms with E-state index in [1.807, 2.05) is 0 Å². The third-order valence-electron chi connectivity index (χ3n) is 6.82. The van der Waals surface area contributed by atoms with Crippen molar-refractivity contribution in [3.8, 4) is 0 Å². The number of hydrogen-bond acceptors (Lipinski definition) is 5. The number of fused-ring (bicyclic) bond motifs is 1. The van der Waals surface area contributed by atoms with Crippen LogP contribution < -0.4 is 16.6 Å². The van der Waals surface area contributed by atoms with E-state index in [9.17, 15) is 23.9 Å². The van der Waals surface area contributed by atoms with Crippen molar-refractivity contribution in [2.75, 3.05) is 5.32 Å². The average Bonchev–Trinajstić information content (AvgIpc) is 3.30. The number of carbonyl (C=O) groups is 1. The summed E-state index contributed by atoms with van der Waals surface area (Å²) in [6.45, 7) is -0.252. The van der Waals surface area contributed by atoms with Gasteiger partial charge in [0.1, 0.15) is 5.82 Å². The van der Waals surface area contributed by atoms with E-state index in [0.717, 1.165) is 55.9 Å². The van der Waals surface area contributed by atoms with Crippen molar-refractivity contribution in [3.63, 3.8) is 0 Å². The van der Waals surface area contributed by atoms with Crippen LogP contribution in [-0.2, 0) is 11.3 Å². The quantitative estimate of drug-likeness (QED) is 0.601. The molecule has 1 heterocycles. The Morgan fingerprint density at radius 2 is 1.75 bits per heavy atom. The maximum absolute atomic E-state index is 15.0. The number of aliphatic carboxylic acids is 1. The average molecular weight is 448 g/mol. The van der Waals surface area contributed by atoms with Gasteiger partial charge in [-0.05, 0) is 37.8 Å². The van der Waals surface area contributed by atoms with Gasteiger partial charge in [-0.2, -0.15) is 0 Å². The predicted molar refractivity (Wildman–Crippen MR) is 119 cm³/mol. The summed E-state index contributed by atoms with van der Waals surface area (Å²) in [5.74, 6) is -1.96. The van der Waals surface area contributed by atoms with Gasteiger partial charge in [0.05, 0.1) is 16.6 Å². The molecule has 0 aliphatic heterocycles. The summed E-state index contributed by atoms with van der Waals surface area (Å²) >= 11 is 0. The first-order valence-electron chi connectivity index (χ1n) is 11.5. The zero-order valence-corrected chi connectivity index (χ0v) is 18.1. The molecule has 1 atom stereocenters. The van der Waals surface area contributed by atoms with Crippen LogP contribution in [0.4, 0.5) is 10.1 Å². The summed E-state index contributed by atoms with van der Waals surface area (Å²) in [6.07, 6.45) is 6.80. The van der Waals surface area contributed by atoms with Crippen LogP contribution in [0.25, 0.3) is 10.9 Å². The minimum absolute atomic E-state index is 0.0907. The van der Waals surface area contributed by atoms with Crippen molar-refractivity contribution >= 4 is 22.6 Å². The SMILES string of the molecule is O=C(O)C(O)CCn1c(=O)c2cc(F)c(NC3CCCCC3)cc2n(C2CCCC2)c1=O. The number of aliphatic hydroxyl groups is 1. The molecule has 4 rings (SSSR count). The predicted octanol–water partition coefficient (Wildman–Crippen LogP) is 3.00. The number of carboxylic acid groups (broad SMARTS) is 1. The summed E-state index contributed by atoms with van der Waals surface area (Å²) in [4.78, 5) is 37.4. The largest absolute Gasteiger partial charge is 0.479 e. The van der Waals surface area contributed by atoms with Gasteiger partial charge < -0.3 is 15.5 Å². The summed E-state index contributed by atoms with van der Waals surface area (Å²) in [5, 5.41) is 21.9. The normalized spacial score (nSPS) is 18.8. The number of benzene rings is 1. The molecule has 0 bridgehead atoms. The van der Waals surface area contributed by atoms with Gasteiger partial charge in [-0.25, -0.2) is 14.0 Å². The fraction of sp³-hybridized carbons (Fsp3) is 0.609. The van der Waals surface area contributed by atoms with Crippen LogP contribution in [0.5, 0.6) is 0 Å². The lowest BCUT2D eigenvalue weighted by Crippen LogP contribution is -2.42. The van der Waals surface area contributed by atoms with Gasteiger partial charge in [0.2, 0.25) is 0 Å². The van der Waals surface area contributed by atoms with Crippen LogP contribution in [-0.4, -0.2) is 37.5 Å². The summed E-state index contributed by atoms with van der Waals surface area (Å²) in [7, 11) is 0. The zero-order chi connectivity index (χ0) is 22.8. The number of aliphatic hydroxyl groups excluding tert-OH is 1. The Labute approximate surface area is 184 Å². The highest BCUT2D eigenvalue weighted by atomic mass is 19.1. The molecule has 0 amide bonds. The van der Waals surface area contributed by atoms with Gasteiger partial charge in [0.15, 0.2) is 6.10 Å². The smallest absolute Gasteiger partial charge is 0.332 e. The Morgan fingerprint density at radius 3 is 2.41 bits per heavy atom. The molecule has 9 heteroatoms. The van der Waals surface area contributed by atoms with E-state index in [0.29, 0.717) is 11.2 Å². The first-order chi connectivity index (χ1) is 15.4. The van der Waals surface area contributed by atoms with E-state index in [4.69, 9.17) is 5.11 Å². The van der Waals surface area contributed by atoms with Crippen LogP contribution in [0.15, 0.2) is 21.7 Å². The molecule has 1 unspecified atom stereocenters. The van der Waals surface area contributed by atoms with E-state index < -0.39 is 29.1 Å². The van der Waals surface area contributed by atoms with Crippen LogP contribution in [0.2, 0.25) is 0 Å². The van der Waals surface area contributed by atoms with Crippen LogP contribution >= 0.6 is 0 Å². The monoisotopic (exact) mass is 447 g/mol. The lowest BCUT2D eigenvalue weighted by atomic mass is 9.95. The number of rotatable bonds is 7. The van der Waals surface area contributed by atoms with E-state index in [1.165, 1.54) is 12.5 Å². The first-order valence-corrected chi connectivity index (χ1v) is 11.5. The number of nitrogens with one attached hydrogen (secondary N) is 1. The highest BCUT2D eigenvalue weighted by Gasteiger charge is 2.25. The van der Waals surface area contributed by atoms with E-state index in [1.54, 1.807) is 10.6 Å². The molecule has 3 N–H and O–H groups in total. The zero-order valence-electron chi connectivity index (χ0n) is 18.1. The van der Waals surface area contributed by atoms with Crippen molar-refractivity contribution in [1.82, 2.24) is 9.13 Å². The Bertz CT molecular complexity index is 1110. The second-order valence-electron chi connectivity index (χ2n) is 9.02. The van der Waals surface area contributed by atoms with Gasteiger partial charge in [-0.1, -0.05) is 32.1 Å². The lowest BCUT2D eigenvalue weighted by Gasteiger charge is -2.25. The molecule has 2 aliphatic carbocycles. The molecule has 2 aromatic rings. The number of carboxylic acids is 1. The van der Waals surface area contributed by atoms with Gasteiger partial charge in [-0.15, -0.1) is 0 Å². The first kappa shape index (κ1) is 22.5. The molecule has 2 aliphatic rings. The number of hydrogen-bond donors (Lipinski definition) is 3. The van der Waals surface area contributed by atoms with Crippen molar-refractivity contribution in [2.24, 2.45) is 0 Å². The lowest BCUT2D eigenvalue weighted by molar-refractivity contribution is -0.147. The Balaban J connectivity index is 1.81. The molecular weight excluding hydrogens is 417 g/mol. The fourth-order valence-corrected chi connectivity index (χ4v) is 5.06. The summed E-state index contributed by atoms with van der Waals surface area (Å²) in [6, 6.07) is 2.82. The number of halogens is 1. The highest BCUT2D eigenvalue weighted by Crippen LogP contribution is 2.32. The van der Waals surface area contributed by atoms with Crippen molar-refractivity contribution in [3.05, 3.63) is 38.8 Å². The number of aromatic nitrogens is 2. The maximum atomic E-state index is 15.0. The standard InChI is InChI=1S/C23H30FN3O5/c24-17-12-16-19(13-18(17)25-14-6-2-1-3-7-14)27(15-8-4-5-9-15)23(32)26(21(16)29)11-10-20(28)22(30)31/h12-15,20,25,28H,1-11H2,(H,30,31). The molecule has 0 radical (unpaired) electrons. The maximum Gasteiger partial charge on any atom is 0.332 e. The topological polar surface area (TPSA) is 114 Å². The Kier molecular flexibility index (Phi) is 6.64. The van der Waals surface area contributed by atoms with Crippen molar-refractivity contribution in [2.45, 2.75) is 88.9 Å². The Morgan fingerprint density at radius 1 is 1.09 bits per heavy atom. The van der Waals surface area contributed by atoms with Crippen LogP contribution in [0, 0.1) is 5.82 Å².